The molecule has 2 aliphatic heterocycles. The Morgan fingerprint density at radius 1 is 1.11 bits per heavy atom. The zero-order chi connectivity index (χ0) is 12.5. The van der Waals surface area contributed by atoms with Gasteiger partial charge in [0.15, 0.2) is 0 Å². The number of hydroxylamine groups is 2. The van der Waals surface area contributed by atoms with Gasteiger partial charge in [-0.2, -0.15) is 0 Å². The standard InChI is InChI=1S/C12H11NO5/c14-11-8-3-1-2-4-9(8)12(15)13(11)18-10-7-16-5-6-17-10/h1-4,10H,5-7H2. The molecule has 0 aromatic heterocycles. The van der Waals surface area contributed by atoms with E-state index in [1.165, 1.54) is 0 Å². The molecule has 1 unspecified atom stereocenters. The molecule has 18 heavy (non-hydrogen) atoms. The molecule has 94 valence electrons. The van der Waals surface area contributed by atoms with Crippen LogP contribution in [-0.4, -0.2) is 43.0 Å². The number of carbonyl (C=O) groups excluding carboxylic acids is 2. The Hall–Kier alpha value is -1.76. The summed E-state index contributed by atoms with van der Waals surface area (Å²) >= 11 is 0. The Morgan fingerprint density at radius 3 is 2.33 bits per heavy atom. The summed E-state index contributed by atoms with van der Waals surface area (Å²) in [6.45, 7) is 1.07. The van der Waals surface area contributed by atoms with Crippen molar-refractivity contribution in [1.29, 1.82) is 0 Å². The highest BCUT2D eigenvalue weighted by molar-refractivity contribution is 6.20. The molecule has 1 fully saturated rings. The van der Waals surface area contributed by atoms with Gasteiger partial charge in [0.1, 0.15) is 6.61 Å². The third kappa shape index (κ3) is 1.80. The minimum Gasteiger partial charge on any atom is -0.374 e. The van der Waals surface area contributed by atoms with Gasteiger partial charge in [0.2, 0.25) is 6.29 Å². The Balaban J connectivity index is 1.79. The molecular weight excluding hydrogens is 238 g/mol. The molecule has 1 aromatic rings. The van der Waals surface area contributed by atoms with Gasteiger partial charge in [0.25, 0.3) is 11.8 Å². The lowest BCUT2D eigenvalue weighted by Gasteiger charge is -2.25. The maximum absolute atomic E-state index is 12.0. The van der Waals surface area contributed by atoms with Crippen LogP contribution in [0.25, 0.3) is 0 Å². The molecular formula is C12H11NO5. The van der Waals surface area contributed by atoms with Crippen LogP contribution < -0.4 is 0 Å². The summed E-state index contributed by atoms with van der Waals surface area (Å²) in [4.78, 5) is 29.2. The molecule has 6 heteroatoms. The van der Waals surface area contributed by atoms with Crippen molar-refractivity contribution in [3.05, 3.63) is 35.4 Å². The molecule has 0 bridgehead atoms. The molecule has 0 N–H and O–H groups in total. The van der Waals surface area contributed by atoms with Crippen molar-refractivity contribution in [3.63, 3.8) is 0 Å². The number of fused-ring (bicyclic) bond motifs is 1. The van der Waals surface area contributed by atoms with Crippen LogP contribution >= 0.6 is 0 Å². The van der Waals surface area contributed by atoms with E-state index in [-0.39, 0.29) is 6.61 Å². The SMILES string of the molecule is O=C1c2ccccc2C(=O)N1OC1COCCO1. The van der Waals surface area contributed by atoms with Gasteiger partial charge in [-0.15, -0.1) is 5.06 Å². The Kier molecular flexibility index (Phi) is 2.83. The van der Waals surface area contributed by atoms with Crippen LogP contribution in [0, 0.1) is 0 Å². The van der Waals surface area contributed by atoms with Crippen molar-refractivity contribution in [1.82, 2.24) is 5.06 Å². The van der Waals surface area contributed by atoms with Crippen LogP contribution in [0.2, 0.25) is 0 Å². The second-order valence-electron chi connectivity index (χ2n) is 3.93. The van der Waals surface area contributed by atoms with Gasteiger partial charge in [-0.3, -0.25) is 9.59 Å². The van der Waals surface area contributed by atoms with Crippen LogP contribution in [0.4, 0.5) is 0 Å². The smallest absolute Gasteiger partial charge is 0.285 e. The monoisotopic (exact) mass is 249 g/mol. The minimum atomic E-state index is -0.721. The number of rotatable bonds is 2. The maximum Gasteiger partial charge on any atom is 0.285 e. The van der Waals surface area contributed by atoms with E-state index in [0.29, 0.717) is 24.3 Å². The second-order valence-corrected chi connectivity index (χ2v) is 3.93. The largest absolute Gasteiger partial charge is 0.374 e. The highest BCUT2D eigenvalue weighted by Gasteiger charge is 2.38. The first-order chi connectivity index (χ1) is 8.77. The fourth-order valence-electron chi connectivity index (χ4n) is 1.91. The summed E-state index contributed by atoms with van der Waals surface area (Å²) in [5.74, 6) is -0.936. The minimum absolute atomic E-state index is 0.202. The average molecular weight is 249 g/mol. The average Bonchev–Trinajstić information content (AvgIpc) is 2.66. The van der Waals surface area contributed by atoms with E-state index < -0.39 is 18.1 Å². The predicted molar refractivity (Wildman–Crippen MR) is 58.6 cm³/mol. The summed E-state index contributed by atoms with van der Waals surface area (Å²) in [6.07, 6.45) is -0.721. The van der Waals surface area contributed by atoms with Crippen molar-refractivity contribution in [2.45, 2.75) is 6.29 Å². The number of hydrogen-bond acceptors (Lipinski definition) is 5. The number of carbonyl (C=O) groups is 2. The molecule has 2 aliphatic rings. The Labute approximate surface area is 103 Å². The summed E-state index contributed by atoms with van der Waals surface area (Å²) in [5, 5.41) is 0.740. The highest BCUT2D eigenvalue weighted by Crippen LogP contribution is 2.23. The summed E-state index contributed by atoms with van der Waals surface area (Å²) in [7, 11) is 0. The van der Waals surface area contributed by atoms with Crippen molar-refractivity contribution in [2.24, 2.45) is 0 Å². The van der Waals surface area contributed by atoms with E-state index in [1.54, 1.807) is 24.3 Å². The van der Waals surface area contributed by atoms with Gasteiger partial charge >= 0.3 is 0 Å². The molecule has 3 rings (SSSR count). The van der Waals surface area contributed by atoms with Gasteiger partial charge in [-0.05, 0) is 12.1 Å². The van der Waals surface area contributed by atoms with Gasteiger partial charge in [0.05, 0.1) is 24.3 Å². The normalized spacial score (nSPS) is 23.3. The fourth-order valence-corrected chi connectivity index (χ4v) is 1.91. The first-order valence-corrected chi connectivity index (χ1v) is 5.61. The molecule has 6 nitrogen and oxygen atoms in total. The highest BCUT2D eigenvalue weighted by atomic mass is 16.8. The molecule has 0 saturated carbocycles. The number of nitrogens with zero attached hydrogens (tertiary/aromatic N) is 1. The lowest BCUT2D eigenvalue weighted by molar-refractivity contribution is -0.274. The lowest BCUT2D eigenvalue weighted by atomic mass is 10.1. The second kappa shape index (κ2) is 4.49. The molecule has 1 saturated heterocycles. The van der Waals surface area contributed by atoms with Crippen molar-refractivity contribution in [3.8, 4) is 0 Å². The van der Waals surface area contributed by atoms with E-state index in [0.717, 1.165) is 5.06 Å². The molecule has 0 spiro atoms. The topological polar surface area (TPSA) is 65.1 Å². The van der Waals surface area contributed by atoms with Crippen LogP contribution in [0.1, 0.15) is 20.7 Å². The van der Waals surface area contributed by atoms with Crippen molar-refractivity contribution >= 4 is 11.8 Å². The third-order valence-corrected chi connectivity index (χ3v) is 2.77. The third-order valence-electron chi connectivity index (χ3n) is 2.77. The zero-order valence-corrected chi connectivity index (χ0v) is 9.50. The van der Waals surface area contributed by atoms with E-state index in [1.807, 2.05) is 0 Å². The molecule has 0 radical (unpaired) electrons. The first kappa shape index (κ1) is 11.3. The van der Waals surface area contributed by atoms with Gasteiger partial charge in [-0.1, -0.05) is 12.1 Å². The van der Waals surface area contributed by atoms with Crippen molar-refractivity contribution < 1.29 is 23.9 Å². The predicted octanol–water partition coefficient (Wildman–Crippen LogP) is 0.587. The van der Waals surface area contributed by atoms with Gasteiger partial charge < -0.3 is 9.47 Å². The van der Waals surface area contributed by atoms with E-state index in [2.05, 4.69) is 0 Å². The molecule has 2 heterocycles. The molecule has 1 aromatic carbocycles. The molecule has 1 atom stereocenters. The van der Waals surface area contributed by atoms with Gasteiger partial charge in [-0.25, -0.2) is 4.84 Å². The van der Waals surface area contributed by atoms with Gasteiger partial charge in [0, 0.05) is 0 Å². The summed E-state index contributed by atoms with van der Waals surface area (Å²) in [6, 6.07) is 6.59. The maximum atomic E-state index is 12.0. The summed E-state index contributed by atoms with van der Waals surface area (Å²) < 4.78 is 10.4. The zero-order valence-electron chi connectivity index (χ0n) is 9.50. The van der Waals surface area contributed by atoms with Crippen LogP contribution in [-0.2, 0) is 14.3 Å². The van der Waals surface area contributed by atoms with E-state index in [4.69, 9.17) is 14.3 Å². The van der Waals surface area contributed by atoms with Crippen LogP contribution in [0.5, 0.6) is 0 Å². The fraction of sp³-hybridized carbons (Fsp3) is 0.333. The van der Waals surface area contributed by atoms with E-state index in [9.17, 15) is 9.59 Å². The Bertz CT molecular complexity index is 460. The number of hydrogen-bond donors (Lipinski definition) is 0. The number of imide groups is 1. The van der Waals surface area contributed by atoms with Crippen molar-refractivity contribution in [2.75, 3.05) is 19.8 Å². The molecule has 2 amide bonds. The van der Waals surface area contributed by atoms with E-state index >= 15 is 0 Å². The quantitative estimate of drug-likeness (QED) is 0.717. The molecule has 0 aliphatic carbocycles. The summed E-state index contributed by atoms with van der Waals surface area (Å²) in [5.41, 5.74) is 0.693. The van der Waals surface area contributed by atoms with Crippen LogP contribution in [0.15, 0.2) is 24.3 Å². The number of amides is 2. The number of ether oxygens (including phenoxy) is 2. The number of benzene rings is 1. The lowest BCUT2D eigenvalue weighted by Crippen LogP contribution is -2.40. The first-order valence-electron chi connectivity index (χ1n) is 5.61. The Morgan fingerprint density at radius 2 is 1.78 bits per heavy atom. The van der Waals surface area contributed by atoms with Crippen LogP contribution in [0.3, 0.4) is 0 Å².